The summed E-state index contributed by atoms with van der Waals surface area (Å²) in [5, 5.41) is 4.31. The van der Waals surface area contributed by atoms with E-state index in [1.165, 1.54) is 0 Å². The Kier molecular flexibility index (Phi) is 3.27. The first-order chi connectivity index (χ1) is 10.2. The van der Waals surface area contributed by atoms with Gasteiger partial charge in [0, 0.05) is 29.2 Å². The predicted molar refractivity (Wildman–Crippen MR) is 80.3 cm³/mol. The zero-order chi connectivity index (χ0) is 14.8. The van der Waals surface area contributed by atoms with Gasteiger partial charge < -0.3 is 10.5 Å². The topological polar surface area (TPSA) is 78.9 Å². The van der Waals surface area contributed by atoms with Crippen LogP contribution in [0, 0.1) is 6.92 Å². The molecule has 6 heteroatoms. The van der Waals surface area contributed by atoms with Crippen molar-refractivity contribution >= 4 is 5.69 Å². The number of methoxy groups -OCH3 is 1. The highest BCUT2D eigenvalue weighted by Crippen LogP contribution is 2.21. The fourth-order valence-corrected chi connectivity index (χ4v) is 1.99. The first kappa shape index (κ1) is 13.1. The van der Waals surface area contributed by atoms with Crippen LogP contribution in [0.5, 0.6) is 5.88 Å². The number of aryl methyl sites for hydroxylation is 1. The number of nitrogens with two attached hydrogens (primary N) is 1. The van der Waals surface area contributed by atoms with Crippen LogP contribution in [0.3, 0.4) is 0 Å². The monoisotopic (exact) mass is 281 g/mol. The minimum atomic E-state index is 0.480. The number of nitrogens with zero attached hydrogens (tertiary/aromatic N) is 4. The summed E-state index contributed by atoms with van der Waals surface area (Å²) in [6, 6.07) is 9.40. The maximum absolute atomic E-state index is 5.69. The van der Waals surface area contributed by atoms with Crippen LogP contribution >= 0.6 is 0 Å². The summed E-state index contributed by atoms with van der Waals surface area (Å²) in [7, 11) is 1.58. The molecule has 106 valence electrons. The van der Waals surface area contributed by atoms with Crippen molar-refractivity contribution in [1.29, 1.82) is 0 Å². The fraction of sp³-hybridized carbons (Fsp3) is 0.133. The van der Waals surface area contributed by atoms with Crippen LogP contribution in [-0.4, -0.2) is 26.9 Å². The van der Waals surface area contributed by atoms with Crippen LogP contribution in [0.4, 0.5) is 5.69 Å². The Labute approximate surface area is 122 Å². The van der Waals surface area contributed by atoms with Crippen LogP contribution in [0.2, 0.25) is 0 Å². The van der Waals surface area contributed by atoms with Crippen molar-refractivity contribution in [3.05, 3.63) is 48.4 Å². The van der Waals surface area contributed by atoms with E-state index in [0.717, 1.165) is 22.5 Å². The number of rotatable bonds is 3. The fourth-order valence-electron chi connectivity index (χ4n) is 1.99. The molecule has 21 heavy (non-hydrogen) atoms. The zero-order valence-electron chi connectivity index (χ0n) is 11.8. The number of aromatic nitrogens is 4. The lowest BCUT2D eigenvalue weighted by Crippen LogP contribution is -2.04. The smallest absolute Gasteiger partial charge is 0.254 e. The molecule has 0 spiro atoms. The molecule has 0 amide bonds. The second kappa shape index (κ2) is 5.24. The maximum atomic E-state index is 5.69. The molecule has 0 fully saturated rings. The molecule has 2 N–H and O–H groups in total. The van der Waals surface area contributed by atoms with Crippen LogP contribution < -0.4 is 10.5 Å². The molecule has 0 aliphatic carbocycles. The molecule has 0 radical (unpaired) electrons. The predicted octanol–water partition coefficient (Wildman–Crippen LogP) is 2.23. The van der Waals surface area contributed by atoms with Crippen molar-refractivity contribution in [1.82, 2.24) is 19.7 Å². The Balaban J connectivity index is 1.98. The van der Waals surface area contributed by atoms with E-state index in [1.54, 1.807) is 24.1 Å². The van der Waals surface area contributed by atoms with E-state index >= 15 is 0 Å². The molecule has 0 aliphatic rings. The lowest BCUT2D eigenvalue weighted by molar-refractivity contribution is 0.395. The van der Waals surface area contributed by atoms with E-state index in [0.29, 0.717) is 11.8 Å². The summed E-state index contributed by atoms with van der Waals surface area (Å²) in [6.07, 6.45) is 3.64. The van der Waals surface area contributed by atoms with E-state index < -0.39 is 0 Å². The third kappa shape index (κ3) is 2.69. The average Bonchev–Trinajstić information content (AvgIpc) is 2.97. The highest BCUT2D eigenvalue weighted by atomic mass is 16.5. The molecule has 2 heterocycles. The Morgan fingerprint density at radius 3 is 2.57 bits per heavy atom. The lowest BCUT2D eigenvalue weighted by Gasteiger charge is -2.04. The van der Waals surface area contributed by atoms with Crippen molar-refractivity contribution in [3.8, 4) is 23.0 Å². The van der Waals surface area contributed by atoms with E-state index in [4.69, 9.17) is 10.5 Å². The average molecular weight is 281 g/mol. The molecule has 1 aromatic carbocycles. The number of ether oxygens (including phenoxy) is 1. The van der Waals surface area contributed by atoms with Gasteiger partial charge in [-0.25, -0.2) is 9.67 Å². The Morgan fingerprint density at radius 2 is 1.86 bits per heavy atom. The minimum absolute atomic E-state index is 0.480. The van der Waals surface area contributed by atoms with E-state index in [9.17, 15) is 0 Å². The Bertz CT molecular complexity index is 764. The minimum Gasteiger partial charge on any atom is -0.481 e. The Hall–Kier alpha value is -2.89. The van der Waals surface area contributed by atoms with Gasteiger partial charge >= 0.3 is 0 Å². The van der Waals surface area contributed by atoms with Gasteiger partial charge in [0.2, 0.25) is 5.88 Å². The molecule has 0 bridgehead atoms. The molecular weight excluding hydrogens is 266 g/mol. The van der Waals surface area contributed by atoms with E-state index in [-0.39, 0.29) is 0 Å². The molecule has 0 saturated carbocycles. The van der Waals surface area contributed by atoms with Crippen LogP contribution in [0.15, 0.2) is 42.7 Å². The van der Waals surface area contributed by atoms with Crippen molar-refractivity contribution < 1.29 is 4.74 Å². The molecule has 0 saturated heterocycles. The SMILES string of the molecule is COc1cc(C)nc(-n2cc(-c3ccc(N)cc3)cn2)n1. The van der Waals surface area contributed by atoms with Gasteiger partial charge in [0.25, 0.3) is 5.95 Å². The first-order valence-electron chi connectivity index (χ1n) is 6.46. The standard InChI is InChI=1S/C15H15N5O/c1-10-7-14(21-2)19-15(18-10)20-9-12(8-17-20)11-3-5-13(16)6-4-11/h3-9H,16H2,1-2H3. The molecule has 0 atom stereocenters. The second-order valence-electron chi connectivity index (χ2n) is 4.65. The van der Waals surface area contributed by atoms with Crippen LogP contribution in [0.25, 0.3) is 17.1 Å². The van der Waals surface area contributed by atoms with Gasteiger partial charge in [0.1, 0.15) is 0 Å². The zero-order valence-corrected chi connectivity index (χ0v) is 11.8. The molecule has 3 aromatic rings. The maximum Gasteiger partial charge on any atom is 0.254 e. The normalized spacial score (nSPS) is 10.6. The number of benzene rings is 1. The van der Waals surface area contributed by atoms with Gasteiger partial charge in [0.05, 0.1) is 13.3 Å². The second-order valence-corrected chi connectivity index (χ2v) is 4.65. The van der Waals surface area contributed by atoms with Gasteiger partial charge in [-0.3, -0.25) is 0 Å². The highest BCUT2D eigenvalue weighted by Gasteiger charge is 2.08. The number of hydrogen-bond acceptors (Lipinski definition) is 5. The van der Waals surface area contributed by atoms with Gasteiger partial charge in [-0.2, -0.15) is 10.1 Å². The lowest BCUT2D eigenvalue weighted by atomic mass is 10.1. The van der Waals surface area contributed by atoms with Crippen molar-refractivity contribution in [3.63, 3.8) is 0 Å². The summed E-state index contributed by atoms with van der Waals surface area (Å²) in [5.74, 6) is 0.996. The van der Waals surface area contributed by atoms with Crippen molar-refractivity contribution in [2.45, 2.75) is 6.92 Å². The van der Waals surface area contributed by atoms with E-state index in [2.05, 4.69) is 15.1 Å². The molecule has 0 aliphatic heterocycles. The summed E-state index contributed by atoms with van der Waals surface area (Å²) in [4.78, 5) is 8.65. The third-order valence-corrected chi connectivity index (χ3v) is 3.06. The number of anilines is 1. The van der Waals surface area contributed by atoms with Gasteiger partial charge in [-0.15, -0.1) is 0 Å². The summed E-state index contributed by atoms with van der Waals surface area (Å²) >= 11 is 0. The van der Waals surface area contributed by atoms with Gasteiger partial charge in [-0.05, 0) is 24.6 Å². The summed E-state index contributed by atoms with van der Waals surface area (Å²) in [6.45, 7) is 1.89. The highest BCUT2D eigenvalue weighted by molar-refractivity contribution is 5.64. The third-order valence-electron chi connectivity index (χ3n) is 3.06. The largest absolute Gasteiger partial charge is 0.481 e. The summed E-state index contributed by atoms with van der Waals surface area (Å²) < 4.78 is 6.78. The van der Waals surface area contributed by atoms with Gasteiger partial charge in [0.15, 0.2) is 0 Å². The molecule has 6 nitrogen and oxygen atoms in total. The number of nitrogen functional groups attached to an aromatic ring is 1. The summed E-state index contributed by atoms with van der Waals surface area (Å²) in [5.41, 5.74) is 9.26. The first-order valence-corrected chi connectivity index (χ1v) is 6.46. The van der Waals surface area contributed by atoms with Gasteiger partial charge in [-0.1, -0.05) is 12.1 Å². The number of hydrogen-bond donors (Lipinski definition) is 1. The van der Waals surface area contributed by atoms with Crippen LogP contribution in [0.1, 0.15) is 5.69 Å². The molecule has 2 aromatic heterocycles. The Morgan fingerprint density at radius 1 is 1.10 bits per heavy atom. The van der Waals surface area contributed by atoms with Crippen molar-refractivity contribution in [2.24, 2.45) is 0 Å². The quantitative estimate of drug-likeness (QED) is 0.745. The van der Waals surface area contributed by atoms with E-state index in [1.807, 2.05) is 37.4 Å². The van der Waals surface area contributed by atoms with Crippen molar-refractivity contribution in [2.75, 3.05) is 12.8 Å². The van der Waals surface area contributed by atoms with Crippen LogP contribution in [-0.2, 0) is 0 Å². The molecule has 0 unspecified atom stereocenters. The molecular formula is C15H15N5O. The molecule has 3 rings (SSSR count).